The van der Waals surface area contributed by atoms with Gasteiger partial charge >= 0.3 is 0 Å². The number of rotatable bonds is 4. The molecule has 102 valence electrons. The summed E-state index contributed by atoms with van der Waals surface area (Å²) in [6.07, 6.45) is 0.910. The first-order valence-electron chi connectivity index (χ1n) is 6.71. The zero-order chi connectivity index (χ0) is 13.9. The van der Waals surface area contributed by atoms with E-state index in [1.165, 1.54) is 0 Å². The van der Waals surface area contributed by atoms with Crippen LogP contribution in [0.15, 0.2) is 48.5 Å². The lowest BCUT2D eigenvalue weighted by Crippen LogP contribution is -2.06. The molecule has 0 aliphatic carbocycles. The zero-order valence-electron chi connectivity index (χ0n) is 11.1. The van der Waals surface area contributed by atoms with Crippen LogP contribution >= 0.6 is 11.6 Å². The molecular formula is C16H16ClN3. The third-order valence-corrected chi connectivity index (χ3v) is 3.57. The van der Waals surface area contributed by atoms with E-state index in [0.29, 0.717) is 6.54 Å². The van der Waals surface area contributed by atoms with Crippen LogP contribution in [0.25, 0.3) is 22.2 Å². The second kappa shape index (κ2) is 5.65. The maximum atomic E-state index is 6.13. The van der Waals surface area contributed by atoms with E-state index in [-0.39, 0.29) is 0 Å². The lowest BCUT2D eigenvalue weighted by molar-refractivity contribution is 0.604. The van der Waals surface area contributed by atoms with Gasteiger partial charge in [-0.15, -0.1) is 0 Å². The molecule has 0 atom stereocenters. The van der Waals surface area contributed by atoms with Crippen molar-refractivity contribution in [1.82, 2.24) is 9.78 Å². The van der Waals surface area contributed by atoms with Crippen molar-refractivity contribution >= 4 is 22.5 Å². The van der Waals surface area contributed by atoms with E-state index in [1.807, 2.05) is 41.1 Å². The van der Waals surface area contributed by atoms with E-state index in [2.05, 4.69) is 12.1 Å². The smallest absolute Gasteiger partial charge is 0.100 e. The number of benzene rings is 2. The molecule has 0 unspecified atom stereocenters. The van der Waals surface area contributed by atoms with Crippen LogP contribution in [0, 0.1) is 0 Å². The minimum absolute atomic E-state index is 0.662. The fourth-order valence-electron chi connectivity index (χ4n) is 2.37. The molecule has 0 fully saturated rings. The number of aryl methyl sites for hydroxylation is 1. The number of nitrogens with zero attached hydrogens (tertiary/aromatic N) is 2. The van der Waals surface area contributed by atoms with Crippen molar-refractivity contribution in [3.05, 3.63) is 53.6 Å². The van der Waals surface area contributed by atoms with Crippen LogP contribution in [-0.4, -0.2) is 16.3 Å². The number of fused-ring (bicyclic) bond motifs is 1. The van der Waals surface area contributed by atoms with E-state index in [0.717, 1.165) is 40.1 Å². The van der Waals surface area contributed by atoms with Crippen molar-refractivity contribution in [3.8, 4) is 11.3 Å². The molecule has 0 saturated heterocycles. The molecular weight excluding hydrogens is 270 g/mol. The van der Waals surface area contributed by atoms with Crippen molar-refractivity contribution < 1.29 is 0 Å². The normalized spacial score (nSPS) is 11.1. The molecule has 0 radical (unpaired) electrons. The number of hydrogen-bond donors (Lipinski definition) is 1. The molecule has 0 aliphatic rings. The van der Waals surface area contributed by atoms with E-state index < -0.39 is 0 Å². The first kappa shape index (κ1) is 13.2. The summed E-state index contributed by atoms with van der Waals surface area (Å²) in [6.45, 7) is 1.48. The van der Waals surface area contributed by atoms with Gasteiger partial charge in [0.15, 0.2) is 0 Å². The highest BCUT2D eigenvalue weighted by molar-refractivity contribution is 6.31. The highest BCUT2D eigenvalue weighted by Crippen LogP contribution is 2.30. The summed E-state index contributed by atoms with van der Waals surface area (Å²) in [6, 6.07) is 16.1. The van der Waals surface area contributed by atoms with Gasteiger partial charge in [-0.3, -0.25) is 4.68 Å². The molecule has 1 aromatic heterocycles. The van der Waals surface area contributed by atoms with Gasteiger partial charge in [0.1, 0.15) is 5.69 Å². The van der Waals surface area contributed by atoms with Crippen LogP contribution in [0.2, 0.25) is 5.02 Å². The van der Waals surface area contributed by atoms with Crippen molar-refractivity contribution in [3.63, 3.8) is 0 Å². The van der Waals surface area contributed by atoms with Crippen LogP contribution in [0.1, 0.15) is 6.42 Å². The van der Waals surface area contributed by atoms with E-state index in [9.17, 15) is 0 Å². The Bertz CT molecular complexity index is 719. The van der Waals surface area contributed by atoms with E-state index in [4.69, 9.17) is 22.4 Å². The van der Waals surface area contributed by atoms with Crippen molar-refractivity contribution in [1.29, 1.82) is 0 Å². The molecule has 1 heterocycles. The largest absolute Gasteiger partial charge is 0.330 e. The Morgan fingerprint density at radius 2 is 1.90 bits per heavy atom. The van der Waals surface area contributed by atoms with Gasteiger partial charge in [0.25, 0.3) is 0 Å². The predicted molar refractivity (Wildman–Crippen MR) is 83.9 cm³/mol. The lowest BCUT2D eigenvalue weighted by Gasteiger charge is -2.01. The van der Waals surface area contributed by atoms with Gasteiger partial charge in [0.05, 0.1) is 5.52 Å². The van der Waals surface area contributed by atoms with Crippen LogP contribution in [0.4, 0.5) is 0 Å². The number of nitrogens with two attached hydrogens (primary N) is 1. The monoisotopic (exact) mass is 285 g/mol. The summed E-state index contributed by atoms with van der Waals surface area (Å²) >= 11 is 6.13. The summed E-state index contributed by atoms with van der Waals surface area (Å²) in [5, 5.41) is 6.55. The molecule has 20 heavy (non-hydrogen) atoms. The van der Waals surface area contributed by atoms with Crippen LogP contribution in [0.5, 0.6) is 0 Å². The Hall–Kier alpha value is -1.84. The van der Waals surface area contributed by atoms with E-state index >= 15 is 0 Å². The Labute approximate surface area is 123 Å². The summed E-state index contributed by atoms with van der Waals surface area (Å²) in [4.78, 5) is 0. The Balaban J connectivity index is 2.18. The second-order valence-corrected chi connectivity index (χ2v) is 5.18. The summed E-state index contributed by atoms with van der Waals surface area (Å²) in [7, 11) is 0. The highest BCUT2D eigenvalue weighted by Gasteiger charge is 2.12. The Kier molecular flexibility index (Phi) is 3.72. The molecule has 0 spiro atoms. The Morgan fingerprint density at radius 1 is 1.10 bits per heavy atom. The van der Waals surface area contributed by atoms with E-state index in [1.54, 1.807) is 0 Å². The molecule has 2 N–H and O–H groups in total. The second-order valence-electron chi connectivity index (χ2n) is 4.74. The van der Waals surface area contributed by atoms with Gasteiger partial charge < -0.3 is 5.73 Å². The molecule has 0 saturated carbocycles. The first-order chi connectivity index (χ1) is 9.79. The number of aromatic nitrogens is 2. The molecule has 3 rings (SSSR count). The lowest BCUT2D eigenvalue weighted by atomic mass is 10.1. The van der Waals surface area contributed by atoms with Gasteiger partial charge in [0.2, 0.25) is 0 Å². The maximum absolute atomic E-state index is 6.13. The molecule has 0 amide bonds. The van der Waals surface area contributed by atoms with Gasteiger partial charge in [-0.25, -0.2) is 0 Å². The average Bonchev–Trinajstić information content (AvgIpc) is 2.84. The fourth-order valence-corrected chi connectivity index (χ4v) is 2.54. The molecule has 4 heteroatoms. The van der Waals surface area contributed by atoms with Gasteiger partial charge in [-0.2, -0.15) is 5.10 Å². The van der Waals surface area contributed by atoms with Crippen LogP contribution in [0.3, 0.4) is 0 Å². The van der Waals surface area contributed by atoms with Gasteiger partial charge in [0, 0.05) is 22.5 Å². The zero-order valence-corrected chi connectivity index (χ0v) is 11.8. The standard InChI is InChI=1S/C16H16ClN3/c17-13-7-8-15-14(11-13)16(12-5-2-1-3-6-12)19-20(15)10-4-9-18/h1-3,5-8,11H,4,9-10,18H2. The summed E-state index contributed by atoms with van der Waals surface area (Å²) in [5.74, 6) is 0. The van der Waals surface area contributed by atoms with Crippen LogP contribution in [-0.2, 0) is 6.54 Å². The minimum Gasteiger partial charge on any atom is -0.330 e. The van der Waals surface area contributed by atoms with Crippen molar-refractivity contribution in [2.45, 2.75) is 13.0 Å². The molecule has 0 bridgehead atoms. The number of hydrogen-bond acceptors (Lipinski definition) is 2. The molecule has 2 aromatic carbocycles. The predicted octanol–water partition coefficient (Wildman–Crippen LogP) is 3.71. The highest BCUT2D eigenvalue weighted by atomic mass is 35.5. The molecule has 3 aromatic rings. The minimum atomic E-state index is 0.662. The first-order valence-corrected chi connectivity index (χ1v) is 7.09. The molecule has 0 aliphatic heterocycles. The van der Waals surface area contributed by atoms with Gasteiger partial charge in [-0.05, 0) is 31.2 Å². The fraction of sp³-hybridized carbons (Fsp3) is 0.188. The Morgan fingerprint density at radius 3 is 2.65 bits per heavy atom. The quantitative estimate of drug-likeness (QED) is 0.794. The van der Waals surface area contributed by atoms with Gasteiger partial charge in [-0.1, -0.05) is 41.9 Å². The maximum Gasteiger partial charge on any atom is 0.100 e. The number of halogens is 1. The SMILES string of the molecule is NCCCn1nc(-c2ccccc2)c2cc(Cl)ccc21. The molecule has 3 nitrogen and oxygen atoms in total. The average molecular weight is 286 g/mol. The third kappa shape index (κ3) is 2.42. The van der Waals surface area contributed by atoms with Crippen LogP contribution < -0.4 is 5.73 Å². The topological polar surface area (TPSA) is 43.8 Å². The van der Waals surface area contributed by atoms with Crippen molar-refractivity contribution in [2.24, 2.45) is 5.73 Å². The summed E-state index contributed by atoms with van der Waals surface area (Å²) < 4.78 is 2.01. The van der Waals surface area contributed by atoms with Crippen molar-refractivity contribution in [2.75, 3.05) is 6.54 Å². The summed E-state index contributed by atoms with van der Waals surface area (Å²) in [5.41, 5.74) is 8.77. The third-order valence-electron chi connectivity index (χ3n) is 3.33.